The molecule has 2 nitrogen and oxygen atoms in total. The van der Waals surface area contributed by atoms with E-state index in [1.165, 1.54) is 25.7 Å². The van der Waals surface area contributed by atoms with Gasteiger partial charge in [-0.3, -0.25) is 0 Å². The first kappa shape index (κ1) is 10.2. The maximum atomic E-state index is 5.76. The quantitative estimate of drug-likeness (QED) is 0.855. The molecular formula is C10H15ClN2S. The van der Waals surface area contributed by atoms with Crippen LogP contribution in [0, 0.1) is 5.92 Å². The van der Waals surface area contributed by atoms with Gasteiger partial charge in [0.2, 0.25) is 0 Å². The molecule has 0 spiro atoms. The van der Waals surface area contributed by atoms with Gasteiger partial charge in [-0.1, -0.05) is 24.4 Å². The van der Waals surface area contributed by atoms with Gasteiger partial charge in [-0.2, -0.15) is 0 Å². The van der Waals surface area contributed by atoms with Crippen LogP contribution < -0.4 is 5.32 Å². The highest BCUT2D eigenvalue weighted by atomic mass is 35.5. The van der Waals surface area contributed by atoms with Crippen molar-refractivity contribution in [3.63, 3.8) is 0 Å². The van der Waals surface area contributed by atoms with Crippen LogP contribution in [0.15, 0.2) is 5.38 Å². The Morgan fingerprint density at radius 3 is 2.86 bits per heavy atom. The summed E-state index contributed by atoms with van der Waals surface area (Å²) >= 11 is 7.35. The van der Waals surface area contributed by atoms with E-state index in [0.29, 0.717) is 11.2 Å². The van der Waals surface area contributed by atoms with Crippen molar-refractivity contribution in [2.75, 3.05) is 5.32 Å². The molecule has 78 valence electrons. The molecule has 1 aromatic rings. The summed E-state index contributed by atoms with van der Waals surface area (Å²) in [6, 6.07) is 0.528. The zero-order valence-corrected chi connectivity index (χ0v) is 9.87. The van der Waals surface area contributed by atoms with Crippen molar-refractivity contribution in [3.05, 3.63) is 10.5 Å². The van der Waals surface area contributed by atoms with E-state index in [1.54, 1.807) is 11.3 Å². The van der Waals surface area contributed by atoms with Crippen molar-refractivity contribution in [2.45, 2.75) is 38.6 Å². The highest BCUT2D eigenvalue weighted by Crippen LogP contribution is 2.30. The second-order valence-corrected chi connectivity index (χ2v) is 5.20. The molecule has 0 aliphatic heterocycles. The Labute approximate surface area is 93.7 Å². The fraction of sp³-hybridized carbons (Fsp3) is 0.700. The largest absolute Gasteiger partial charge is 0.359 e. The lowest BCUT2D eigenvalue weighted by Gasteiger charge is -2.19. The zero-order chi connectivity index (χ0) is 9.97. The molecule has 14 heavy (non-hydrogen) atoms. The first-order valence-electron chi connectivity index (χ1n) is 5.13. The van der Waals surface area contributed by atoms with Crippen molar-refractivity contribution in [1.29, 1.82) is 0 Å². The summed E-state index contributed by atoms with van der Waals surface area (Å²) in [6.07, 6.45) is 5.48. The summed E-state index contributed by atoms with van der Waals surface area (Å²) in [5, 5.41) is 6.84. The molecule has 0 aromatic carbocycles. The molecule has 1 aliphatic carbocycles. The highest BCUT2D eigenvalue weighted by Gasteiger charge is 2.21. The summed E-state index contributed by atoms with van der Waals surface area (Å²) in [4.78, 5) is 4.19. The number of nitrogens with one attached hydrogen (secondary N) is 1. The van der Waals surface area contributed by atoms with Gasteiger partial charge in [-0.15, -0.1) is 11.3 Å². The van der Waals surface area contributed by atoms with Crippen molar-refractivity contribution in [3.8, 4) is 0 Å². The average molecular weight is 231 g/mol. The van der Waals surface area contributed by atoms with E-state index in [1.807, 2.05) is 5.38 Å². The number of anilines is 1. The summed E-state index contributed by atoms with van der Waals surface area (Å²) in [6.45, 7) is 2.24. The number of nitrogens with zero attached hydrogens (tertiary/aromatic N) is 1. The Kier molecular flexibility index (Phi) is 3.29. The second kappa shape index (κ2) is 4.49. The molecule has 1 N–H and O–H groups in total. The van der Waals surface area contributed by atoms with E-state index in [-0.39, 0.29) is 0 Å². The first-order valence-corrected chi connectivity index (χ1v) is 6.39. The first-order chi connectivity index (χ1) is 6.75. The minimum atomic E-state index is 0.528. The van der Waals surface area contributed by atoms with Gasteiger partial charge in [0.05, 0.1) is 0 Å². The summed E-state index contributed by atoms with van der Waals surface area (Å²) in [7, 11) is 0. The van der Waals surface area contributed by atoms with Crippen LogP contribution in [0.4, 0.5) is 5.13 Å². The SMILES string of the molecule is CC(Nc1nc(Cl)cs1)C1CCCC1. The monoisotopic (exact) mass is 230 g/mol. The summed E-state index contributed by atoms with van der Waals surface area (Å²) in [5.41, 5.74) is 0. The Balaban J connectivity index is 1.90. The van der Waals surface area contributed by atoms with Crippen LogP contribution >= 0.6 is 22.9 Å². The van der Waals surface area contributed by atoms with Gasteiger partial charge in [0.1, 0.15) is 5.15 Å². The van der Waals surface area contributed by atoms with E-state index < -0.39 is 0 Å². The Morgan fingerprint density at radius 1 is 1.57 bits per heavy atom. The Bertz CT molecular complexity index is 294. The topological polar surface area (TPSA) is 24.9 Å². The second-order valence-electron chi connectivity index (χ2n) is 3.95. The molecule has 1 aliphatic rings. The van der Waals surface area contributed by atoms with Crippen LogP contribution in [0.3, 0.4) is 0 Å². The van der Waals surface area contributed by atoms with E-state index >= 15 is 0 Å². The van der Waals surface area contributed by atoms with Crippen LogP contribution in [-0.4, -0.2) is 11.0 Å². The number of thiazole rings is 1. The predicted molar refractivity (Wildman–Crippen MR) is 62.2 cm³/mol. The van der Waals surface area contributed by atoms with Crippen molar-refractivity contribution >= 4 is 28.1 Å². The molecule has 1 fully saturated rings. The molecule has 1 unspecified atom stereocenters. The molecule has 0 radical (unpaired) electrons. The van der Waals surface area contributed by atoms with Gasteiger partial charge in [0.25, 0.3) is 0 Å². The van der Waals surface area contributed by atoms with Gasteiger partial charge in [0.15, 0.2) is 5.13 Å². The predicted octanol–water partition coefficient (Wildman–Crippen LogP) is 3.79. The minimum Gasteiger partial charge on any atom is -0.359 e. The van der Waals surface area contributed by atoms with Gasteiger partial charge in [-0.05, 0) is 25.7 Å². The number of aromatic nitrogens is 1. The van der Waals surface area contributed by atoms with Crippen LogP contribution in [-0.2, 0) is 0 Å². The molecule has 0 amide bonds. The molecule has 1 saturated carbocycles. The van der Waals surface area contributed by atoms with Gasteiger partial charge in [-0.25, -0.2) is 4.98 Å². The average Bonchev–Trinajstić information content (AvgIpc) is 2.75. The Morgan fingerprint density at radius 2 is 2.29 bits per heavy atom. The lowest BCUT2D eigenvalue weighted by Crippen LogP contribution is -2.23. The highest BCUT2D eigenvalue weighted by molar-refractivity contribution is 7.14. The third-order valence-electron chi connectivity index (χ3n) is 2.93. The molecule has 0 bridgehead atoms. The Hall–Kier alpha value is -0.280. The van der Waals surface area contributed by atoms with Gasteiger partial charge < -0.3 is 5.32 Å². The molecular weight excluding hydrogens is 216 g/mol. The van der Waals surface area contributed by atoms with Gasteiger partial charge >= 0.3 is 0 Å². The minimum absolute atomic E-state index is 0.528. The normalized spacial score (nSPS) is 19.9. The number of hydrogen-bond donors (Lipinski definition) is 1. The number of halogens is 1. The van der Waals surface area contributed by atoms with E-state index in [9.17, 15) is 0 Å². The van der Waals surface area contributed by atoms with Gasteiger partial charge in [0, 0.05) is 11.4 Å². The molecule has 1 aromatic heterocycles. The molecule has 1 atom stereocenters. The van der Waals surface area contributed by atoms with Crippen LogP contribution in [0.25, 0.3) is 0 Å². The molecule has 2 rings (SSSR count). The lowest BCUT2D eigenvalue weighted by molar-refractivity contribution is 0.482. The molecule has 1 heterocycles. The lowest BCUT2D eigenvalue weighted by atomic mass is 10.0. The van der Waals surface area contributed by atoms with Crippen LogP contribution in [0.2, 0.25) is 5.15 Å². The van der Waals surface area contributed by atoms with Crippen LogP contribution in [0.1, 0.15) is 32.6 Å². The third-order valence-corrected chi connectivity index (χ3v) is 4.03. The summed E-state index contributed by atoms with van der Waals surface area (Å²) < 4.78 is 0. The molecule has 4 heteroatoms. The standard InChI is InChI=1S/C10H15ClN2S/c1-7(8-4-2-3-5-8)12-10-13-9(11)6-14-10/h6-8H,2-5H2,1H3,(H,12,13). The summed E-state index contributed by atoms with van der Waals surface area (Å²) in [5.74, 6) is 0.817. The third kappa shape index (κ3) is 2.39. The smallest absolute Gasteiger partial charge is 0.184 e. The fourth-order valence-corrected chi connectivity index (χ4v) is 3.03. The van der Waals surface area contributed by atoms with Crippen molar-refractivity contribution < 1.29 is 0 Å². The number of rotatable bonds is 3. The fourth-order valence-electron chi connectivity index (χ4n) is 2.09. The van der Waals surface area contributed by atoms with Crippen LogP contribution in [0.5, 0.6) is 0 Å². The van der Waals surface area contributed by atoms with Crippen molar-refractivity contribution in [2.24, 2.45) is 5.92 Å². The van der Waals surface area contributed by atoms with E-state index in [2.05, 4.69) is 17.2 Å². The number of hydrogen-bond acceptors (Lipinski definition) is 3. The zero-order valence-electron chi connectivity index (χ0n) is 8.29. The van der Waals surface area contributed by atoms with E-state index in [0.717, 1.165) is 11.0 Å². The van der Waals surface area contributed by atoms with Crippen molar-refractivity contribution in [1.82, 2.24) is 4.98 Å². The molecule has 0 saturated heterocycles. The maximum Gasteiger partial charge on any atom is 0.184 e. The van der Waals surface area contributed by atoms with E-state index in [4.69, 9.17) is 11.6 Å². The maximum absolute atomic E-state index is 5.76.